The van der Waals surface area contributed by atoms with Crippen molar-refractivity contribution < 1.29 is 44.3 Å². The third-order valence-electron chi connectivity index (χ3n) is 7.94. The highest BCUT2D eigenvalue weighted by Gasteiger charge is 2.19. The lowest BCUT2D eigenvalue weighted by molar-refractivity contribution is -0.120. The number of carbonyl (C=O) groups excluding carboxylic acids is 3. The first-order chi connectivity index (χ1) is 31.1. The normalized spacial score (nSPS) is 10.9. The minimum atomic E-state index is -1.07. The van der Waals surface area contributed by atoms with Crippen molar-refractivity contribution >= 4 is 31.3 Å². The smallest absolute Gasteiger partial charge is 0.404 e. The largest absolute Gasteiger partial charge is 0.465 e. The number of hydrogen-bond acceptors (Lipinski definition) is 11. The molecular weight excluding hydrogens is 849 g/mol. The zero-order chi connectivity index (χ0) is 54.7. The molecule has 0 aromatic heterocycles. The molecule has 0 aliphatic heterocycles. The first kappa shape index (κ1) is 84.5. The molecule has 0 aromatic carbocycles. The predicted octanol–water partition coefficient (Wildman–Crippen LogP) is 10.7. The van der Waals surface area contributed by atoms with Crippen LogP contribution in [0.2, 0.25) is 19.5 Å². The molecule has 2 amide bonds. The summed E-state index contributed by atoms with van der Waals surface area (Å²) in [5.41, 5.74) is 4.90. The molecule has 2 unspecified atom stereocenters. The Bertz CT molecular complexity index is 952. The average Bonchev–Trinajstić information content (AvgIpc) is 3.22. The highest BCUT2D eigenvalue weighted by molar-refractivity contribution is 6.57. The monoisotopic (exact) mass is 968 g/mol. The Morgan fingerprint density at radius 3 is 1.51 bits per heavy atom. The molecule has 0 radical (unpaired) electrons. The number of rotatable bonds is 25. The van der Waals surface area contributed by atoms with Crippen molar-refractivity contribution in [2.45, 2.75) is 233 Å². The molecule has 2 atom stereocenters. The van der Waals surface area contributed by atoms with Crippen LogP contribution in [0.5, 0.6) is 0 Å². The Labute approximate surface area is 416 Å². The number of nitrogens with zero attached hydrogens (tertiary/aromatic N) is 1. The second-order valence-electron chi connectivity index (χ2n) is 18.9. The van der Waals surface area contributed by atoms with Crippen LogP contribution in [0.3, 0.4) is 0 Å². The van der Waals surface area contributed by atoms with E-state index in [0.717, 1.165) is 89.6 Å². The summed E-state index contributed by atoms with van der Waals surface area (Å²) in [4.78, 5) is 41.8. The third-order valence-corrected chi connectivity index (χ3v) is 7.94. The molecule has 67 heavy (non-hydrogen) atoms. The lowest BCUT2D eigenvalue weighted by Crippen LogP contribution is -2.40. The van der Waals surface area contributed by atoms with E-state index in [4.69, 9.17) is 35.4 Å². The summed E-state index contributed by atoms with van der Waals surface area (Å²) in [5, 5.41) is 43.4. The average molecular weight is 968 g/mol. The number of unbranched alkanes of at least 4 members (excludes halogenated alkanes) is 3. The van der Waals surface area contributed by atoms with Crippen LogP contribution in [0.25, 0.3) is 0 Å². The Balaban J connectivity index is -0.0000000941. The molecule has 0 bridgehead atoms. The van der Waals surface area contributed by atoms with Crippen LogP contribution < -0.4 is 21.7 Å². The molecule has 0 fully saturated rings. The van der Waals surface area contributed by atoms with E-state index in [1.54, 1.807) is 0 Å². The van der Waals surface area contributed by atoms with Gasteiger partial charge in [-0.15, -0.1) is 6.58 Å². The van der Waals surface area contributed by atoms with Gasteiger partial charge >= 0.3 is 6.09 Å². The van der Waals surface area contributed by atoms with Crippen LogP contribution in [0.15, 0.2) is 12.7 Å². The summed E-state index contributed by atoms with van der Waals surface area (Å²) in [6.45, 7) is 47.6. The van der Waals surface area contributed by atoms with Crippen LogP contribution >= 0.6 is 0 Å². The number of aliphatic hydroxyl groups excluding tert-OH is 3. The third kappa shape index (κ3) is 121. The Morgan fingerprint density at radius 1 is 0.776 bits per heavy atom. The fourth-order valence-corrected chi connectivity index (χ4v) is 3.91. The molecule has 0 heterocycles. The van der Waals surface area contributed by atoms with Crippen molar-refractivity contribution in [2.75, 3.05) is 53.0 Å². The Kier molecular flexibility index (Phi) is 85.6. The predicted molar refractivity (Wildman–Crippen MR) is 292 cm³/mol. The molecule has 0 rings (SSSR count). The van der Waals surface area contributed by atoms with Gasteiger partial charge in [0.1, 0.15) is 31.7 Å². The molecule has 0 aromatic rings. The number of carbonyl (C=O) groups is 4. The van der Waals surface area contributed by atoms with Gasteiger partial charge in [0, 0.05) is 39.1 Å². The van der Waals surface area contributed by atoms with Crippen LogP contribution in [0, 0.1) is 17.3 Å². The zero-order valence-corrected chi connectivity index (χ0v) is 47.8. The number of hydrogen-bond donors (Lipinski definition) is 8. The van der Waals surface area contributed by atoms with Gasteiger partial charge in [0.15, 0.2) is 0 Å². The van der Waals surface area contributed by atoms with Crippen molar-refractivity contribution in [1.29, 1.82) is 0 Å². The SMILES string of the molecule is C=CC(C)(C)OCC(C)(C)C.CC(C)C.CC(C)CCO.CC=O.CC=O.CCC(N)O.CCCCC.CCCCNC(=O)CCB(C)CCN(CCC)C(O)CCNC(=O)O.CCCNC. The summed E-state index contributed by atoms with van der Waals surface area (Å²) in [5.74, 6) is 1.60. The van der Waals surface area contributed by atoms with Crippen molar-refractivity contribution in [3.05, 3.63) is 12.7 Å². The maximum absolute atomic E-state index is 11.7. The van der Waals surface area contributed by atoms with Gasteiger partial charge in [-0.1, -0.05) is 148 Å². The van der Waals surface area contributed by atoms with E-state index in [1.165, 1.54) is 39.5 Å². The summed E-state index contributed by atoms with van der Waals surface area (Å²) in [7, 11) is 1.96. The van der Waals surface area contributed by atoms with E-state index in [0.29, 0.717) is 38.5 Å². The number of amides is 2. The van der Waals surface area contributed by atoms with E-state index in [1.807, 2.05) is 38.8 Å². The quantitative estimate of drug-likeness (QED) is 0.0141. The van der Waals surface area contributed by atoms with Crippen molar-refractivity contribution in [3.8, 4) is 0 Å². The Hall–Kier alpha value is -2.40. The van der Waals surface area contributed by atoms with Gasteiger partial charge in [-0.25, -0.2) is 4.79 Å². The molecule has 0 saturated carbocycles. The van der Waals surface area contributed by atoms with Gasteiger partial charge in [-0.05, 0) is 97.2 Å². The zero-order valence-electron chi connectivity index (χ0n) is 47.8. The maximum Gasteiger partial charge on any atom is 0.404 e. The van der Waals surface area contributed by atoms with Crippen LogP contribution in [-0.4, -0.2) is 128 Å². The molecule has 408 valence electrons. The van der Waals surface area contributed by atoms with Gasteiger partial charge in [0.25, 0.3) is 0 Å². The molecule has 0 aliphatic carbocycles. The van der Waals surface area contributed by atoms with E-state index in [2.05, 4.69) is 119 Å². The molecule has 0 aliphatic rings. The van der Waals surface area contributed by atoms with E-state index < -0.39 is 18.5 Å². The standard InChI is InChI=1S/C17H36BN3O4.C10H20O.C5H12O.C5H12.C4H11N.C4H10.C3H9NO.2C2H4O/c1-4-6-11-19-15(22)7-9-18(3)10-14-21(13-5-2)16(23)8-12-20-17(24)25;1-7-10(5,6)11-8-9(2,3)4;1-5(2)3-4-6;1-3-5-4-2;1-3-4-5-2;1-4(2)3;1-2-3(4)5;2*1-2-3/h16,20,23H,4-14H2,1-3H3,(H,19,22)(H,24,25);7H,1,8H2,2-6H3;5-6H,3-4H2,1-2H3;3-5H2,1-2H3;5H,3-4H2,1-2H3;4H,1-3H3;3,5H,2,4H2,1H3;2*2H,1H3. The molecule has 0 spiro atoms. The number of aldehydes is 2. The minimum Gasteiger partial charge on any atom is -0.465 e. The molecule has 14 nitrogen and oxygen atoms in total. The highest BCUT2D eigenvalue weighted by Crippen LogP contribution is 2.19. The summed E-state index contributed by atoms with van der Waals surface area (Å²) >= 11 is 0. The first-order valence-electron chi connectivity index (χ1n) is 25.5. The number of nitrogens with one attached hydrogen (secondary N) is 3. The van der Waals surface area contributed by atoms with Crippen LogP contribution in [0.1, 0.15) is 195 Å². The Morgan fingerprint density at radius 2 is 1.24 bits per heavy atom. The molecule has 0 saturated heterocycles. The number of ether oxygens (including phenoxy) is 1. The lowest BCUT2D eigenvalue weighted by atomic mass is 9.46. The van der Waals surface area contributed by atoms with Gasteiger partial charge in [-0.2, -0.15) is 0 Å². The second kappa shape index (κ2) is 67.9. The number of nitrogens with two attached hydrogens (primary N) is 1. The van der Waals surface area contributed by atoms with E-state index in [-0.39, 0.29) is 23.5 Å². The first-order valence-corrected chi connectivity index (χ1v) is 25.5. The summed E-state index contributed by atoms with van der Waals surface area (Å²) in [6.07, 6.45) is 13.6. The van der Waals surface area contributed by atoms with Gasteiger partial charge in [-0.3, -0.25) is 9.69 Å². The molecular formula is C52H118BN5O9. The lowest BCUT2D eigenvalue weighted by Gasteiger charge is -2.28. The van der Waals surface area contributed by atoms with Gasteiger partial charge in [0.05, 0.1) is 12.2 Å². The van der Waals surface area contributed by atoms with Crippen molar-refractivity contribution in [2.24, 2.45) is 23.0 Å². The number of aliphatic hydroxyl groups is 3. The topological polar surface area (TPSA) is 224 Å². The second-order valence-corrected chi connectivity index (χ2v) is 18.9. The fourth-order valence-electron chi connectivity index (χ4n) is 3.91. The molecule has 15 heteroatoms. The number of carboxylic acid groups (broad SMARTS) is 1. The summed E-state index contributed by atoms with van der Waals surface area (Å²) < 4.78 is 5.62. The van der Waals surface area contributed by atoms with Crippen LogP contribution in [0.4, 0.5) is 4.79 Å². The van der Waals surface area contributed by atoms with E-state index in [9.17, 15) is 14.7 Å². The van der Waals surface area contributed by atoms with Gasteiger partial charge < -0.3 is 56.4 Å². The van der Waals surface area contributed by atoms with Crippen molar-refractivity contribution in [1.82, 2.24) is 20.9 Å². The minimum absolute atomic E-state index is 0.116. The van der Waals surface area contributed by atoms with Gasteiger partial charge in [0.2, 0.25) is 5.91 Å². The highest BCUT2D eigenvalue weighted by atomic mass is 16.5. The van der Waals surface area contributed by atoms with E-state index >= 15 is 0 Å². The maximum atomic E-state index is 11.7. The fraction of sp³-hybridized carbons (Fsp3) is 0.885. The summed E-state index contributed by atoms with van der Waals surface area (Å²) in [6, 6.07) is 0. The van der Waals surface area contributed by atoms with Crippen LogP contribution in [-0.2, 0) is 19.1 Å². The van der Waals surface area contributed by atoms with Crippen molar-refractivity contribution in [3.63, 3.8) is 0 Å². The molecule has 9 N–H and O–H groups in total.